The van der Waals surface area contributed by atoms with Gasteiger partial charge in [0, 0.05) is 24.8 Å². The van der Waals surface area contributed by atoms with Crippen LogP contribution < -0.4 is 5.32 Å². The predicted molar refractivity (Wildman–Crippen MR) is 75.3 cm³/mol. The Morgan fingerprint density at radius 2 is 2.05 bits per heavy atom. The summed E-state index contributed by atoms with van der Waals surface area (Å²) in [6.07, 6.45) is 0.561. The standard InChI is InChI=1S/C14H20N2O4/c1-14(2,7-8-17)10-15-13(18)9-11-5-3-4-6-12(11)16(19)20/h3-6,17H,7-10H2,1-2H3,(H,15,18). The lowest BCUT2D eigenvalue weighted by Gasteiger charge is -2.23. The van der Waals surface area contributed by atoms with E-state index in [1.165, 1.54) is 6.07 Å². The molecule has 0 saturated carbocycles. The first-order valence-corrected chi connectivity index (χ1v) is 6.45. The zero-order valence-electron chi connectivity index (χ0n) is 11.8. The summed E-state index contributed by atoms with van der Waals surface area (Å²) in [7, 11) is 0. The van der Waals surface area contributed by atoms with Crippen molar-refractivity contribution in [1.29, 1.82) is 0 Å². The molecule has 6 nitrogen and oxygen atoms in total. The Morgan fingerprint density at radius 1 is 1.40 bits per heavy atom. The van der Waals surface area contributed by atoms with Gasteiger partial charge in [0.1, 0.15) is 0 Å². The molecule has 0 aromatic heterocycles. The van der Waals surface area contributed by atoms with Crippen LogP contribution in [0.5, 0.6) is 0 Å². The zero-order valence-corrected chi connectivity index (χ0v) is 11.8. The minimum atomic E-state index is -0.488. The van der Waals surface area contributed by atoms with Gasteiger partial charge in [-0.05, 0) is 11.8 Å². The third-order valence-electron chi connectivity index (χ3n) is 3.09. The average molecular weight is 280 g/mol. The number of nitrogens with one attached hydrogen (secondary N) is 1. The fourth-order valence-electron chi connectivity index (χ4n) is 1.80. The van der Waals surface area contributed by atoms with Gasteiger partial charge in [0.2, 0.25) is 5.91 Å². The molecule has 0 heterocycles. The third kappa shape index (κ3) is 4.97. The van der Waals surface area contributed by atoms with Crippen LogP contribution in [0.2, 0.25) is 0 Å². The normalized spacial score (nSPS) is 11.2. The lowest BCUT2D eigenvalue weighted by molar-refractivity contribution is -0.385. The van der Waals surface area contributed by atoms with Crippen molar-refractivity contribution in [3.05, 3.63) is 39.9 Å². The van der Waals surface area contributed by atoms with Crippen LogP contribution >= 0.6 is 0 Å². The van der Waals surface area contributed by atoms with Crippen LogP contribution in [-0.2, 0) is 11.2 Å². The predicted octanol–water partition coefficient (Wildman–Crippen LogP) is 1.66. The van der Waals surface area contributed by atoms with E-state index < -0.39 is 4.92 Å². The topological polar surface area (TPSA) is 92.5 Å². The molecule has 0 radical (unpaired) electrons. The molecule has 1 rings (SSSR count). The van der Waals surface area contributed by atoms with E-state index in [0.717, 1.165) is 0 Å². The number of aliphatic hydroxyl groups is 1. The largest absolute Gasteiger partial charge is 0.396 e. The molecule has 0 unspecified atom stereocenters. The van der Waals surface area contributed by atoms with E-state index in [9.17, 15) is 14.9 Å². The summed E-state index contributed by atoms with van der Waals surface area (Å²) < 4.78 is 0. The van der Waals surface area contributed by atoms with Crippen molar-refractivity contribution in [3.8, 4) is 0 Å². The van der Waals surface area contributed by atoms with Gasteiger partial charge in [-0.1, -0.05) is 32.0 Å². The quantitative estimate of drug-likeness (QED) is 0.587. The van der Waals surface area contributed by atoms with Crippen molar-refractivity contribution in [2.45, 2.75) is 26.7 Å². The molecule has 0 saturated heterocycles. The first-order chi connectivity index (χ1) is 9.35. The van der Waals surface area contributed by atoms with Gasteiger partial charge in [0.05, 0.1) is 11.3 Å². The van der Waals surface area contributed by atoms with E-state index in [4.69, 9.17) is 5.11 Å². The number of amides is 1. The second kappa shape index (κ2) is 7.00. The number of hydrogen-bond acceptors (Lipinski definition) is 4. The van der Waals surface area contributed by atoms with Crippen LogP contribution in [0.4, 0.5) is 5.69 Å². The van der Waals surface area contributed by atoms with E-state index >= 15 is 0 Å². The Bertz CT molecular complexity index is 486. The van der Waals surface area contributed by atoms with Crippen LogP contribution in [0.3, 0.4) is 0 Å². The fourth-order valence-corrected chi connectivity index (χ4v) is 1.80. The van der Waals surface area contributed by atoms with Gasteiger partial charge < -0.3 is 10.4 Å². The number of nitro benzene ring substituents is 1. The Labute approximate surface area is 118 Å². The van der Waals surface area contributed by atoms with Crippen molar-refractivity contribution in [2.24, 2.45) is 5.41 Å². The number of carbonyl (C=O) groups is 1. The van der Waals surface area contributed by atoms with Crippen LogP contribution in [-0.4, -0.2) is 29.1 Å². The molecule has 110 valence electrons. The molecule has 0 atom stereocenters. The Morgan fingerprint density at radius 3 is 2.65 bits per heavy atom. The molecule has 0 aliphatic carbocycles. The minimum absolute atomic E-state index is 0.0215. The molecule has 20 heavy (non-hydrogen) atoms. The van der Waals surface area contributed by atoms with Crippen LogP contribution in [0.15, 0.2) is 24.3 Å². The summed E-state index contributed by atoms with van der Waals surface area (Å²) in [5.41, 5.74) is 0.153. The molecule has 0 aliphatic heterocycles. The maximum Gasteiger partial charge on any atom is 0.273 e. The van der Waals surface area contributed by atoms with Gasteiger partial charge in [0.25, 0.3) is 5.69 Å². The summed E-state index contributed by atoms with van der Waals surface area (Å²) in [6, 6.07) is 6.21. The van der Waals surface area contributed by atoms with E-state index in [-0.39, 0.29) is 30.0 Å². The highest BCUT2D eigenvalue weighted by molar-refractivity contribution is 5.79. The molecule has 1 aromatic rings. The monoisotopic (exact) mass is 280 g/mol. The van der Waals surface area contributed by atoms with Gasteiger partial charge >= 0.3 is 0 Å². The van der Waals surface area contributed by atoms with Crippen LogP contribution in [0, 0.1) is 15.5 Å². The molecular formula is C14H20N2O4. The summed E-state index contributed by atoms with van der Waals surface area (Å²) in [4.78, 5) is 22.2. The molecule has 2 N–H and O–H groups in total. The van der Waals surface area contributed by atoms with E-state index in [1.807, 2.05) is 13.8 Å². The average Bonchev–Trinajstić information content (AvgIpc) is 2.37. The lowest BCUT2D eigenvalue weighted by atomic mass is 9.89. The summed E-state index contributed by atoms with van der Waals surface area (Å²) in [5, 5.41) is 22.5. The van der Waals surface area contributed by atoms with Crippen molar-refractivity contribution in [2.75, 3.05) is 13.2 Å². The number of rotatable bonds is 7. The second-order valence-electron chi connectivity index (χ2n) is 5.48. The molecule has 6 heteroatoms. The highest BCUT2D eigenvalue weighted by Crippen LogP contribution is 2.20. The molecule has 1 amide bonds. The zero-order chi connectivity index (χ0) is 15.2. The second-order valence-corrected chi connectivity index (χ2v) is 5.48. The molecule has 1 aromatic carbocycles. The first kappa shape index (κ1) is 16.1. The number of hydrogen-bond donors (Lipinski definition) is 2. The van der Waals surface area contributed by atoms with Gasteiger partial charge in [-0.25, -0.2) is 0 Å². The fraction of sp³-hybridized carbons (Fsp3) is 0.500. The molecule has 0 bridgehead atoms. The van der Waals surface area contributed by atoms with Crippen LogP contribution in [0.25, 0.3) is 0 Å². The van der Waals surface area contributed by atoms with Gasteiger partial charge in [-0.2, -0.15) is 0 Å². The summed E-state index contributed by atoms with van der Waals surface area (Å²) >= 11 is 0. The van der Waals surface area contributed by atoms with Gasteiger partial charge in [-0.15, -0.1) is 0 Å². The van der Waals surface area contributed by atoms with E-state index in [1.54, 1.807) is 18.2 Å². The Kier molecular flexibility index (Phi) is 5.64. The summed E-state index contributed by atoms with van der Waals surface area (Å²) in [6.45, 7) is 4.36. The van der Waals surface area contributed by atoms with E-state index in [0.29, 0.717) is 18.5 Å². The SMILES string of the molecule is CC(C)(CCO)CNC(=O)Cc1ccccc1[N+](=O)[O-]. The van der Waals surface area contributed by atoms with Crippen molar-refractivity contribution >= 4 is 11.6 Å². The third-order valence-corrected chi connectivity index (χ3v) is 3.09. The minimum Gasteiger partial charge on any atom is -0.396 e. The van der Waals surface area contributed by atoms with Gasteiger partial charge in [-0.3, -0.25) is 14.9 Å². The number of nitro groups is 1. The van der Waals surface area contributed by atoms with Crippen LogP contribution in [0.1, 0.15) is 25.8 Å². The first-order valence-electron chi connectivity index (χ1n) is 6.45. The number of carbonyl (C=O) groups excluding carboxylic acids is 1. The molecule has 0 fully saturated rings. The smallest absolute Gasteiger partial charge is 0.273 e. The highest BCUT2D eigenvalue weighted by Gasteiger charge is 2.20. The number of aliphatic hydroxyl groups excluding tert-OH is 1. The maximum absolute atomic E-state index is 11.8. The Hall–Kier alpha value is -1.95. The Balaban J connectivity index is 2.61. The molecule has 0 spiro atoms. The van der Waals surface area contributed by atoms with Crippen molar-refractivity contribution < 1.29 is 14.8 Å². The maximum atomic E-state index is 11.8. The highest BCUT2D eigenvalue weighted by atomic mass is 16.6. The lowest BCUT2D eigenvalue weighted by Crippen LogP contribution is -2.35. The number of nitrogens with zero attached hydrogens (tertiary/aromatic N) is 1. The number of benzene rings is 1. The summed E-state index contributed by atoms with van der Waals surface area (Å²) in [5.74, 6) is -0.259. The van der Waals surface area contributed by atoms with Gasteiger partial charge in [0.15, 0.2) is 0 Å². The number of para-hydroxylation sites is 1. The molecule has 0 aliphatic rings. The van der Waals surface area contributed by atoms with Crippen molar-refractivity contribution in [3.63, 3.8) is 0 Å². The molecular weight excluding hydrogens is 260 g/mol. The van der Waals surface area contributed by atoms with Crippen molar-refractivity contribution in [1.82, 2.24) is 5.32 Å². The van der Waals surface area contributed by atoms with E-state index in [2.05, 4.69) is 5.32 Å².